The molecule has 3 rings (SSSR count). The lowest BCUT2D eigenvalue weighted by molar-refractivity contribution is 0.398. The topological polar surface area (TPSA) is 47.3 Å². The summed E-state index contributed by atoms with van der Waals surface area (Å²) in [7, 11) is 1.61. The molecule has 2 aromatic heterocycles. The van der Waals surface area contributed by atoms with Crippen LogP contribution >= 0.6 is 0 Å². The molecule has 0 amide bonds. The van der Waals surface area contributed by atoms with Crippen LogP contribution < -0.4 is 10.1 Å². The van der Waals surface area contributed by atoms with Crippen LogP contribution in [0.15, 0.2) is 47.0 Å². The molecule has 0 fully saturated rings. The molecule has 0 bridgehead atoms. The van der Waals surface area contributed by atoms with Crippen LogP contribution in [0.5, 0.6) is 5.88 Å². The lowest BCUT2D eigenvalue weighted by atomic mass is 10.1. The van der Waals surface area contributed by atoms with Crippen molar-refractivity contribution in [3.05, 3.63) is 53.9 Å². The maximum atomic E-state index is 5.90. The first-order chi connectivity index (χ1) is 10.3. The van der Waals surface area contributed by atoms with Crippen molar-refractivity contribution in [2.45, 2.75) is 19.9 Å². The van der Waals surface area contributed by atoms with Gasteiger partial charge in [-0.1, -0.05) is 25.1 Å². The predicted octanol–water partition coefficient (Wildman–Crippen LogP) is 4.01. The third kappa shape index (κ3) is 2.70. The van der Waals surface area contributed by atoms with Gasteiger partial charge in [0.05, 0.1) is 19.0 Å². The Kier molecular flexibility index (Phi) is 3.77. The van der Waals surface area contributed by atoms with E-state index in [0.29, 0.717) is 12.4 Å². The Morgan fingerprint density at radius 2 is 2.05 bits per heavy atom. The Morgan fingerprint density at radius 3 is 2.76 bits per heavy atom. The van der Waals surface area contributed by atoms with E-state index in [0.717, 1.165) is 23.5 Å². The standard InChI is InChI=1S/C17H18N2O2/c1-3-15-14(13-6-4-5-7-16(13)21-15)11-18-12-8-9-17(20-2)19-10-12/h4-10,18H,3,11H2,1-2H3. The molecule has 4 nitrogen and oxygen atoms in total. The molecule has 108 valence electrons. The normalized spacial score (nSPS) is 10.8. The van der Waals surface area contributed by atoms with Gasteiger partial charge in [0.2, 0.25) is 5.88 Å². The van der Waals surface area contributed by atoms with E-state index in [4.69, 9.17) is 9.15 Å². The van der Waals surface area contributed by atoms with Gasteiger partial charge in [-0.2, -0.15) is 0 Å². The number of para-hydroxylation sites is 1. The zero-order valence-electron chi connectivity index (χ0n) is 12.2. The summed E-state index contributed by atoms with van der Waals surface area (Å²) in [6, 6.07) is 11.9. The first-order valence-electron chi connectivity index (χ1n) is 7.05. The maximum absolute atomic E-state index is 5.90. The molecular weight excluding hydrogens is 264 g/mol. The maximum Gasteiger partial charge on any atom is 0.213 e. The van der Waals surface area contributed by atoms with Crippen molar-refractivity contribution in [3.63, 3.8) is 0 Å². The summed E-state index contributed by atoms with van der Waals surface area (Å²) in [6.07, 6.45) is 2.65. The predicted molar refractivity (Wildman–Crippen MR) is 83.7 cm³/mol. The number of benzene rings is 1. The van der Waals surface area contributed by atoms with Gasteiger partial charge in [0, 0.05) is 30.0 Å². The number of rotatable bonds is 5. The van der Waals surface area contributed by atoms with Crippen LogP contribution in [0.2, 0.25) is 0 Å². The lowest BCUT2D eigenvalue weighted by Gasteiger charge is -2.07. The Hall–Kier alpha value is -2.49. The van der Waals surface area contributed by atoms with Crippen molar-refractivity contribution in [1.82, 2.24) is 4.98 Å². The average molecular weight is 282 g/mol. The van der Waals surface area contributed by atoms with Gasteiger partial charge in [0.15, 0.2) is 0 Å². The van der Waals surface area contributed by atoms with Crippen LogP contribution in [0, 0.1) is 0 Å². The van der Waals surface area contributed by atoms with Gasteiger partial charge >= 0.3 is 0 Å². The molecule has 0 spiro atoms. The summed E-state index contributed by atoms with van der Waals surface area (Å²) >= 11 is 0. The van der Waals surface area contributed by atoms with E-state index in [2.05, 4.69) is 23.3 Å². The monoisotopic (exact) mass is 282 g/mol. The summed E-state index contributed by atoms with van der Waals surface area (Å²) in [6.45, 7) is 2.82. The fraction of sp³-hybridized carbons (Fsp3) is 0.235. The summed E-state index contributed by atoms with van der Waals surface area (Å²) in [5.41, 5.74) is 3.12. The van der Waals surface area contributed by atoms with E-state index in [9.17, 15) is 0 Å². The van der Waals surface area contributed by atoms with Crippen LogP contribution in [-0.2, 0) is 13.0 Å². The van der Waals surface area contributed by atoms with Crippen molar-refractivity contribution >= 4 is 16.7 Å². The van der Waals surface area contributed by atoms with E-state index in [-0.39, 0.29) is 0 Å². The van der Waals surface area contributed by atoms with Crippen molar-refractivity contribution in [3.8, 4) is 5.88 Å². The van der Waals surface area contributed by atoms with Gasteiger partial charge in [-0.05, 0) is 12.1 Å². The molecule has 1 N–H and O–H groups in total. The number of hydrogen-bond acceptors (Lipinski definition) is 4. The smallest absolute Gasteiger partial charge is 0.213 e. The molecule has 0 saturated carbocycles. The zero-order chi connectivity index (χ0) is 14.7. The highest BCUT2D eigenvalue weighted by atomic mass is 16.5. The van der Waals surface area contributed by atoms with Crippen LogP contribution in [0.4, 0.5) is 5.69 Å². The number of fused-ring (bicyclic) bond motifs is 1. The minimum absolute atomic E-state index is 0.614. The fourth-order valence-corrected chi connectivity index (χ4v) is 2.42. The number of aromatic nitrogens is 1. The quantitative estimate of drug-likeness (QED) is 0.768. The van der Waals surface area contributed by atoms with Crippen molar-refractivity contribution in [2.75, 3.05) is 12.4 Å². The summed E-state index contributed by atoms with van der Waals surface area (Å²) in [5, 5.41) is 4.56. The number of hydrogen-bond donors (Lipinski definition) is 1. The van der Waals surface area contributed by atoms with Crippen molar-refractivity contribution < 1.29 is 9.15 Å². The first kappa shape index (κ1) is 13.5. The number of methoxy groups -OCH3 is 1. The van der Waals surface area contributed by atoms with Gasteiger partial charge in [-0.25, -0.2) is 4.98 Å². The molecule has 2 heterocycles. The summed E-state index contributed by atoms with van der Waals surface area (Å²) in [4.78, 5) is 4.19. The molecule has 0 unspecified atom stereocenters. The van der Waals surface area contributed by atoms with E-state index in [1.807, 2.05) is 30.3 Å². The van der Waals surface area contributed by atoms with Crippen LogP contribution in [0.25, 0.3) is 11.0 Å². The van der Waals surface area contributed by atoms with Crippen LogP contribution in [-0.4, -0.2) is 12.1 Å². The van der Waals surface area contributed by atoms with Gasteiger partial charge in [-0.3, -0.25) is 0 Å². The molecule has 1 aromatic carbocycles. The van der Waals surface area contributed by atoms with Crippen molar-refractivity contribution in [2.24, 2.45) is 0 Å². The molecule has 21 heavy (non-hydrogen) atoms. The molecule has 0 aliphatic rings. The minimum Gasteiger partial charge on any atom is -0.481 e. The highest BCUT2D eigenvalue weighted by molar-refractivity contribution is 5.82. The Bertz CT molecular complexity index is 732. The van der Waals surface area contributed by atoms with E-state index in [1.54, 1.807) is 13.3 Å². The second-order valence-electron chi connectivity index (χ2n) is 4.80. The number of nitrogens with one attached hydrogen (secondary N) is 1. The second kappa shape index (κ2) is 5.87. The Balaban J connectivity index is 1.83. The largest absolute Gasteiger partial charge is 0.481 e. The molecule has 0 atom stereocenters. The average Bonchev–Trinajstić information content (AvgIpc) is 2.91. The molecular formula is C17H18N2O2. The van der Waals surface area contributed by atoms with Gasteiger partial charge in [-0.15, -0.1) is 0 Å². The van der Waals surface area contributed by atoms with Crippen LogP contribution in [0.1, 0.15) is 18.2 Å². The second-order valence-corrected chi connectivity index (χ2v) is 4.80. The van der Waals surface area contributed by atoms with E-state index in [1.165, 1.54) is 10.9 Å². The third-order valence-corrected chi connectivity index (χ3v) is 3.52. The number of nitrogens with zero attached hydrogens (tertiary/aromatic N) is 1. The molecule has 3 aromatic rings. The molecule has 0 radical (unpaired) electrons. The van der Waals surface area contributed by atoms with Gasteiger partial charge in [0.1, 0.15) is 11.3 Å². The summed E-state index contributed by atoms with van der Waals surface area (Å²) in [5.74, 6) is 1.65. The van der Waals surface area contributed by atoms with Crippen LogP contribution in [0.3, 0.4) is 0 Å². The number of aryl methyl sites for hydroxylation is 1. The van der Waals surface area contributed by atoms with E-state index >= 15 is 0 Å². The number of anilines is 1. The third-order valence-electron chi connectivity index (χ3n) is 3.52. The van der Waals surface area contributed by atoms with Gasteiger partial charge < -0.3 is 14.5 Å². The summed E-state index contributed by atoms with van der Waals surface area (Å²) < 4.78 is 11.0. The number of pyridine rings is 1. The molecule has 4 heteroatoms. The van der Waals surface area contributed by atoms with E-state index < -0.39 is 0 Å². The highest BCUT2D eigenvalue weighted by Gasteiger charge is 2.12. The lowest BCUT2D eigenvalue weighted by Crippen LogP contribution is -2.01. The van der Waals surface area contributed by atoms with Crippen molar-refractivity contribution in [1.29, 1.82) is 0 Å². The molecule has 0 aliphatic heterocycles. The number of ether oxygens (including phenoxy) is 1. The Morgan fingerprint density at radius 1 is 1.19 bits per heavy atom. The zero-order valence-corrected chi connectivity index (χ0v) is 12.2. The molecule has 0 aliphatic carbocycles. The highest BCUT2D eigenvalue weighted by Crippen LogP contribution is 2.27. The number of furan rings is 1. The first-order valence-corrected chi connectivity index (χ1v) is 7.05. The van der Waals surface area contributed by atoms with Gasteiger partial charge in [0.25, 0.3) is 0 Å². The Labute approximate surface area is 123 Å². The molecule has 0 saturated heterocycles. The fourth-order valence-electron chi connectivity index (χ4n) is 2.42. The SMILES string of the molecule is CCc1oc2ccccc2c1CNc1ccc(OC)nc1. The minimum atomic E-state index is 0.614.